The molecule has 1 amide bonds. The van der Waals surface area contributed by atoms with E-state index in [-0.39, 0.29) is 11.9 Å². The van der Waals surface area contributed by atoms with Gasteiger partial charge in [0.2, 0.25) is 5.88 Å². The van der Waals surface area contributed by atoms with Crippen molar-refractivity contribution in [3.63, 3.8) is 0 Å². The summed E-state index contributed by atoms with van der Waals surface area (Å²) in [6.07, 6.45) is 8.07. The Balaban J connectivity index is 1.35. The number of nitrogens with zero attached hydrogens (tertiary/aromatic N) is 5. The summed E-state index contributed by atoms with van der Waals surface area (Å²) < 4.78 is 7.68. The summed E-state index contributed by atoms with van der Waals surface area (Å²) in [7, 11) is 0. The molecule has 2 aromatic heterocycles. The quantitative estimate of drug-likeness (QED) is 0.431. The van der Waals surface area contributed by atoms with Crippen LogP contribution in [-0.4, -0.2) is 37.1 Å². The standard InChI is InChI=1S/C26H25N5O2/c1-19-6-4-9-23(14-19)33-25-12-11-21(16-27-25)24-10-2-3-13-31(24)26(32)20-7-5-8-22(15-20)30-17-28-29-18-30/h4-9,11-12,14-18,24H,2-3,10,13H2,1H3/t24-/m1/s1. The smallest absolute Gasteiger partial charge is 0.254 e. The molecule has 1 aliphatic heterocycles. The van der Waals surface area contributed by atoms with Crippen LogP contribution in [-0.2, 0) is 0 Å². The van der Waals surface area contributed by atoms with Crippen molar-refractivity contribution in [3.05, 3.63) is 96.2 Å². The molecule has 166 valence electrons. The summed E-state index contributed by atoms with van der Waals surface area (Å²) in [5, 5.41) is 7.71. The fourth-order valence-corrected chi connectivity index (χ4v) is 4.27. The maximum atomic E-state index is 13.5. The van der Waals surface area contributed by atoms with E-state index in [4.69, 9.17) is 4.74 Å². The molecular weight excluding hydrogens is 414 g/mol. The first-order valence-electron chi connectivity index (χ1n) is 11.1. The summed E-state index contributed by atoms with van der Waals surface area (Å²) in [6, 6.07) is 19.3. The molecule has 0 saturated carbocycles. The summed E-state index contributed by atoms with van der Waals surface area (Å²) in [5.74, 6) is 1.33. The SMILES string of the molecule is Cc1cccc(Oc2ccc([C@H]3CCCCN3C(=O)c3cccc(-n4cnnc4)c3)cn2)c1. The van der Waals surface area contributed by atoms with Gasteiger partial charge in [0.1, 0.15) is 18.4 Å². The van der Waals surface area contributed by atoms with Crippen LogP contribution in [0, 0.1) is 6.92 Å². The van der Waals surface area contributed by atoms with Crippen molar-refractivity contribution in [2.45, 2.75) is 32.2 Å². The van der Waals surface area contributed by atoms with Crippen molar-refractivity contribution in [1.29, 1.82) is 0 Å². The number of piperidine rings is 1. The van der Waals surface area contributed by atoms with Crippen molar-refractivity contribution in [2.24, 2.45) is 0 Å². The maximum absolute atomic E-state index is 13.5. The van der Waals surface area contributed by atoms with E-state index in [0.29, 0.717) is 11.4 Å². The molecule has 1 aliphatic rings. The Hall–Kier alpha value is -4.00. The van der Waals surface area contributed by atoms with Gasteiger partial charge in [-0.25, -0.2) is 4.98 Å². The molecule has 4 aromatic rings. The van der Waals surface area contributed by atoms with Crippen LogP contribution < -0.4 is 4.74 Å². The Morgan fingerprint density at radius 1 is 1.00 bits per heavy atom. The lowest BCUT2D eigenvalue weighted by Crippen LogP contribution is -2.38. The Bertz CT molecular complexity index is 1240. The molecule has 2 aromatic carbocycles. The molecule has 7 nitrogen and oxygen atoms in total. The van der Waals surface area contributed by atoms with Crippen LogP contribution in [0.5, 0.6) is 11.6 Å². The minimum Gasteiger partial charge on any atom is -0.439 e. The molecule has 3 heterocycles. The van der Waals surface area contributed by atoms with Gasteiger partial charge >= 0.3 is 0 Å². The third-order valence-corrected chi connectivity index (χ3v) is 5.93. The Morgan fingerprint density at radius 3 is 2.64 bits per heavy atom. The molecule has 0 aliphatic carbocycles. The summed E-state index contributed by atoms with van der Waals surface area (Å²) in [5.41, 5.74) is 3.67. The van der Waals surface area contributed by atoms with Crippen LogP contribution in [0.15, 0.2) is 79.5 Å². The minimum atomic E-state index is -0.00895. The number of amides is 1. The highest BCUT2D eigenvalue weighted by Gasteiger charge is 2.29. The first-order valence-corrected chi connectivity index (χ1v) is 11.1. The van der Waals surface area contributed by atoms with Gasteiger partial charge < -0.3 is 9.64 Å². The average molecular weight is 440 g/mol. The second kappa shape index (κ2) is 9.24. The number of aromatic nitrogens is 4. The zero-order valence-corrected chi connectivity index (χ0v) is 18.5. The molecule has 1 atom stereocenters. The van der Waals surface area contributed by atoms with Gasteiger partial charge in [-0.2, -0.15) is 0 Å². The third-order valence-electron chi connectivity index (χ3n) is 5.93. The lowest BCUT2D eigenvalue weighted by atomic mass is 9.95. The number of rotatable bonds is 5. The first-order chi connectivity index (χ1) is 16.2. The molecule has 7 heteroatoms. The van der Waals surface area contributed by atoms with Crippen LogP contribution in [0.2, 0.25) is 0 Å². The average Bonchev–Trinajstić information content (AvgIpc) is 3.40. The van der Waals surface area contributed by atoms with Gasteiger partial charge in [-0.15, -0.1) is 10.2 Å². The third kappa shape index (κ3) is 4.62. The Kier molecular flexibility index (Phi) is 5.85. The predicted octanol–water partition coefficient (Wildman–Crippen LogP) is 5.13. The van der Waals surface area contributed by atoms with Crippen LogP contribution in [0.3, 0.4) is 0 Å². The molecule has 0 N–H and O–H groups in total. The number of ether oxygens (including phenoxy) is 1. The van der Waals surface area contributed by atoms with Crippen molar-refractivity contribution in [2.75, 3.05) is 6.54 Å². The van der Waals surface area contributed by atoms with Crippen LogP contribution in [0.1, 0.15) is 46.8 Å². The van der Waals surface area contributed by atoms with E-state index in [1.54, 1.807) is 17.2 Å². The van der Waals surface area contributed by atoms with E-state index < -0.39 is 0 Å². The number of hydrogen-bond acceptors (Lipinski definition) is 5. The van der Waals surface area contributed by atoms with Gasteiger partial charge in [0, 0.05) is 30.1 Å². The topological polar surface area (TPSA) is 73.1 Å². The monoisotopic (exact) mass is 439 g/mol. The second-order valence-corrected chi connectivity index (χ2v) is 8.28. The van der Waals surface area contributed by atoms with Gasteiger partial charge in [-0.3, -0.25) is 9.36 Å². The van der Waals surface area contributed by atoms with Gasteiger partial charge in [0.05, 0.1) is 6.04 Å². The Labute approximate surface area is 192 Å². The van der Waals surface area contributed by atoms with Crippen molar-refractivity contribution >= 4 is 5.91 Å². The number of carbonyl (C=O) groups excluding carboxylic acids is 1. The molecule has 33 heavy (non-hydrogen) atoms. The molecule has 0 radical (unpaired) electrons. The fraction of sp³-hybridized carbons (Fsp3) is 0.231. The van der Waals surface area contributed by atoms with Crippen LogP contribution >= 0.6 is 0 Å². The lowest BCUT2D eigenvalue weighted by molar-refractivity contribution is 0.0611. The van der Waals surface area contributed by atoms with Crippen molar-refractivity contribution in [1.82, 2.24) is 24.6 Å². The number of likely N-dealkylation sites (tertiary alicyclic amines) is 1. The van der Waals surface area contributed by atoms with E-state index in [0.717, 1.165) is 48.4 Å². The summed E-state index contributed by atoms with van der Waals surface area (Å²) >= 11 is 0. The highest BCUT2D eigenvalue weighted by Crippen LogP contribution is 2.33. The second-order valence-electron chi connectivity index (χ2n) is 8.28. The van der Waals surface area contributed by atoms with E-state index in [9.17, 15) is 4.79 Å². The van der Waals surface area contributed by atoms with Gasteiger partial charge in [0.25, 0.3) is 5.91 Å². The van der Waals surface area contributed by atoms with Crippen molar-refractivity contribution < 1.29 is 9.53 Å². The van der Waals surface area contributed by atoms with Gasteiger partial charge in [-0.05, 0) is 67.6 Å². The van der Waals surface area contributed by atoms with E-state index in [2.05, 4.69) is 15.2 Å². The summed E-state index contributed by atoms with van der Waals surface area (Å²) in [6.45, 7) is 2.75. The number of benzene rings is 2. The zero-order chi connectivity index (χ0) is 22.6. The molecule has 0 spiro atoms. The fourth-order valence-electron chi connectivity index (χ4n) is 4.27. The molecule has 0 bridgehead atoms. The Morgan fingerprint density at radius 2 is 1.85 bits per heavy atom. The van der Waals surface area contributed by atoms with Crippen LogP contribution in [0.25, 0.3) is 5.69 Å². The number of carbonyl (C=O) groups is 1. The molecule has 0 unspecified atom stereocenters. The molecule has 1 saturated heterocycles. The maximum Gasteiger partial charge on any atom is 0.254 e. The highest BCUT2D eigenvalue weighted by molar-refractivity contribution is 5.95. The number of aryl methyl sites for hydroxylation is 1. The highest BCUT2D eigenvalue weighted by atomic mass is 16.5. The normalized spacial score (nSPS) is 15.9. The van der Waals surface area contributed by atoms with E-state index in [1.165, 1.54) is 0 Å². The molecular formula is C26H25N5O2. The minimum absolute atomic E-state index is 0.00895. The molecule has 5 rings (SSSR count). The first kappa shape index (κ1) is 20.9. The number of pyridine rings is 1. The van der Waals surface area contributed by atoms with Gasteiger partial charge in [-0.1, -0.05) is 24.3 Å². The van der Waals surface area contributed by atoms with Gasteiger partial charge in [0.15, 0.2) is 0 Å². The molecule has 1 fully saturated rings. The summed E-state index contributed by atoms with van der Waals surface area (Å²) in [4.78, 5) is 20.0. The zero-order valence-electron chi connectivity index (χ0n) is 18.5. The lowest BCUT2D eigenvalue weighted by Gasteiger charge is -2.36. The number of hydrogen-bond donors (Lipinski definition) is 0. The van der Waals surface area contributed by atoms with E-state index >= 15 is 0 Å². The predicted molar refractivity (Wildman–Crippen MR) is 124 cm³/mol. The van der Waals surface area contributed by atoms with E-state index in [1.807, 2.05) is 78.7 Å². The largest absolute Gasteiger partial charge is 0.439 e. The van der Waals surface area contributed by atoms with Crippen LogP contribution in [0.4, 0.5) is 0 Å². The van der Waals surface area contributed by atoms with Crippen molar-refractivity contribution in [3.8, 4) is 17.3 Å².